The molecule has 0 saturated heterocycles. The first kappa shape index (κ1) is 15.3. The summed E-state index contributed by atoms with van der Waals surface area (Å²) in [5, 5.41) is 9.66. The second-order valence-corrected chi connectivity index (χ2v) is 4.46. The quantitative estimate of drug-likeness (QED) is 0.735. The number of hydrogen-bond donors (Lipinski definition) is 2. The van der Waals surface area contributed by atoms with Crippen LogP contribution in [0.4, 0.5) is 0 Å². The molecule has 3 N–H and O–H groups in total. The van der Waals surface area contributed by atoms with Gasteiger partial charge in [-0.2, -0.15) is 0 Å². The summed E-state index contributed by atoms with van der Waals surface area (Å²) in [7, 11) is 3.23. The van der Waals surface area contributed by atoms with E-state index in [4.69, 9.17) is 10.5 Å². The topological polar surface area (TPSA) is 75.8 Å². The molecule has 0 aliphatic heterocycles. The monoisotopic (exact) mass is 266 g/mol. The van der Waals surface area contributed by atoms with Crippen LogP contribution in [0, 0.1) is 0 Å². The Bertz CT molecular complexity index is 421. The first-order valence-corrected chi connectivity index (χ1v) is 6.42. The van der Waals surface area contributed by atoms with E-state index in [0.717, 1.165) is 19.3 Å². The Morgan fingerprint density at radius 3 is 2.68 bits per heavy atom. The zero-order valence-corrected chi connectivity index (χ0v) is 11.6. The zero-order valence-electron chi connectivity index (χ0n) is 11.6. The van der Waals surface area contributed by atoms with Gasteiger partial charge >= 0.3 is 0 Å². The maximum absolute atomic E-state index is 12.1. The third kappa shape index (κ3) is 4.44. The highest BCUT2D eigenvalue weighted by Crippen LogP contribution is 2.26. The van der Waals surface area contributed by atoms with Crippen molar-refractivity contribution >= 4 is 5.91 Å². The molecule has 0 aliphatic carbocycles. The van der Waals surface area contributed by atoms with Crippen LogP contribution in [0.25, 0.3) is 0 Å². The second kappa shape index (κ2) is 7.63. The Labute approximate surface area is 114 Å². The Kier molecular flexibility index (Phi) is 6.15. The number of ether oxygens (including phenoxy) is 1. The summed E-state index contributed by atoms with van der Waals surface area (Å²) < 4.78 is 4.95. The average Bonchev–Trinajstić information content (AvgIpc) is 2.42. The van der Waals surface area contributed by atoms with Gasteiger partial charge in [0, 0.05) is 19.2 Å². The molecule has 106 valence electrons. The van der Waals surface area contributed by atoms with Gasteiger partial charge in [0.25, 0.3) is 5.91 Å². The molecule has 0 aromatic heterocycles. The van der Waals surface area contributed by atoms with Crippen molar-refractivity contribution in [3.8, 4) is 11.5 Å². The minimum absolute atomic E-state index is 0.0233. The van der Waals surface area contributed by atoms with E-state index in [9.17, 15) is 9.90 Å². The molecule has 1 aromatic rings. The minimum atomic E-state index is -0.106. The van der Waals surface area contributed by atoms with E-state index in [2.05, 4.69) is 0 Å². The van der Waals surface area contributed by atoms with E-state index in [1.54, 1.807) is 24.1 Å². The largest absolute Gasteiger partial charge is 0.504 e. The molecular formula is C14H22N2O3. The maximum Gasteiger partial charge on any atom is 0.253 e. The molecule has 1 rings (SSSR count). The number of nitrogens with zero attached hydrogens (tertiary/aromatic N) is 1. The van der Waals surface area contributed by atoms with Crippen LogP contribution in [-0.2, 0) is 0 Å². The van der Waals surface area contributed by atoms with Crippen LogP contribution in [0.2, 0.25) is 0 Å². The lowest BCUT2D eigenvalue weighted by atomic mass is 10.1. The maximum atomic E-state index is 12.1. The number of aromatic hydroxyl groups is 1. The number of rotatable bonds is 7. The van der Waals surface area contributed by atoms with Gasteiger partial charge in [0.1, 0.15) is 0 Å². The Hall–Kier alpha value is -1.75. The van der Waals surface area contributed by atoms with Crippen LogP contribution in [0.1, 0.15) is 29.6 Å². The number of nitrogens with two attached hydrogens (primary N) is 1. The van der Waals surface area contributed by atoms with E-state index < -0.39 is 0 Å². The van der Waals surface area contributed by atoms with E-state index in [-0.39, 0.29) is 11.7 Å². The fourth-order valence-electron chi connectivity index (χ4n) is 1.82. The molecule has 0 atom stereocenters. The van der Waals surface area contributed by atoms with Crippen molar-refractivity contribution in [2.45, 2.75) is 19.3 Å². The van der Waals surface area contributed by atoms with Crippen molar-refractivity contribution in [1.29, 1.82) is 0 Å². The number of hydrogen-bond acceptors (Lipinski definition) is 4. The van der Waals surface area contributed by atoms with E-state index in [1.807, 2.05) is 0 Å². The first-order valence-electron chi connectivity index (χ1n) is 6.42. The molecular weight excluding hydrogens is 244 g/mol. The summed E-state index contributed by atoms with van der Waals surface area (Å²) in [5.41, 5.74) is 5.88. The standard InChI is InChI=1S/C14H22N2O3/c1-16(9-5-3-4-8-15)14(18)11-6-7-13(19-2)12(17)10-11/h6-7,10,17H,3-5,8-9,15H2,1-2H3. The molecule has 0 radical (unpaired) electrons. The predicted molar refractivity (Wildman–Crippen MR) is 74.5 cm³/mol. The third-order valence-corrected chi connectivity index (χ3v) is 2.97. The molecule has 1 amide bonds. The molecule has 0 bridgehead atoms. The van der Waals surface area contributed by atoms with Gasteiger partial charge in [-0.3, -0.25) is 4.79 Å². The SMILES string of the molecule is COc1ccc(C(=O)N(C)CCCCCN)cc1O. The number of carbonyl (C=O) groups is 1. The van der Waals surface area contributed by atoms with Crippen LogP contribution in [0.15, 0.2) is 18.2 Å². The van der Waals surface area contributed by atoms with Crippen LogP contribution in [-0.4, -0.2) is 43.2 Å². The van der Waals surface area contributed by atoms with E-state index >= 15 is 0 Å². The zero-order chi connectivity index (χ0) is 14.3. The van der Waals surface area contributed by atoms with E-state index in [0.29, 0.717) is 24.4 Å². The van der Waals surface area contributed by atoms with Crippen molar-refractivity contribution in [2.75, 3.05) is 27.2 Å². The van der Waals surface area contributed by atoms with Gasteiger partial charge in [-0.05, 0) is 37.6 Å². The molecule has 0 heterocycles. The number of phenols is 1. The van der Waals surface area contributed by atoms with Crippen molar-refractivity contribution in [2.24, 2.45) is 5.73 Å². The minimum Gasteiger partial charge on any atom is -0.504 e. The molecule has 0 saturated carbocycles. The van der Waals surface area contributed by atoms with Gasteiger partial charge in [0.05, 0.1) is 7.11 Å². The number of carbonyl (C=O) groups excluding carboxylic acids is 1. The summed E-state index contributed by atoms with van der Waals surface area (Å²) >= 11 is 0. The number of methoxy groups -OCH3 is 1. The van der Waals surface area contributed by atoms with Gasteiger partial charge in [-0.25, -0.2) is 0 Å². The predicted octanol–water partition coefficient (Wildman–Crippen LogP) is 1.60. The average molecular weight is 266 g/mol. The Morgan fingerprint density at radius 1 is 1.37 bits per heavy atom. The lowest BCUT2D eigenvalue weighted by molar-refractivity contribution is 0.0792. The number of amides is 1. The molecule has 0 spiro atoms. The van der Waals surface area contributed by atoms with Gasteiger partial charge in [0.2, 0.25) is 0 Å². The molecule has 0 fully saturated rings. The van der Waals surface area contributed by atoms with Gasteiger partial charge in [0.15, 0.2) is 11.5 Å². The lowest BCUT2D eigenvalue weighted by Crippen LogP contribution is -2.27. The fraction of sp³-hybridized carbons (Fsp3) is 0.500. The first-order chi connectivity index (χ1) is 9.10. The van der Waals surface area contributed by atoms with Crippen LogP contribution < -0.4 is 10.5 Å². The molecule has 0 aliphatic rings. The van der Waals surface area contributed by atoms with Crippen LogP contribution in [0.3, 0.4) is 0 Å². The summed E-state index contributed by atoms with van der Waals surface area (Å²) in [4.78, 5) is 13.8. The summed E-state index contributed by atoms with van der Waals surface area (Å²) in [6, 6.07) is 4.67. The highest BCUT2D eigenvalue weighted by Gasteiger charge is 2.13. The molecule has 5 nitrogen and oxygen atoms in total. The number of unbranched alkanes of at least 4 members (excludes halogenated alkanes) is 2. The summed E-state index contributed by atoms with van der Waals surface area (Å²) in [6.45, 7) is 1.37. The summed E-state index contributed by atoms with van der Waals surface area (Å²) in [6.07, 6.45) is 2.93. The van der Waals surface area contributed by atoms with Crippen molar-refractivity contribution in [1.82, 2.24) is 4.90 Å². The highest BCUT2D eigenvalue weighted by molar-refractivity contribution is 5.94. The Morgan fingerprint density at radius 2 is 2.11 bits per heavy atom. The van der Waals surface area contributed by atoms with Crippen LogP contribution in [0.5, 0.6) is 11.5 Å². The molecule has 5 heteroatoms. The number of phenolic OH excluding ortho intramolecular Hbond substituents is 1. The normalized spacial score (nSPS) is 10.3. The smallest absolute Gasteiger partial charge is 0.253 e. The third-order valence-electron chi connectivity index (χ3n) is 2.97. The van der Waals surface area contributed by atoms with E-state index in [1.165, 1.54) is 13.2 Å². The van der Waals surface area contributed by atoms with Gasteiger partial charge in [-0.15, -0.1) is 0 Å². The second-order valence-electron chi connectivity index (χ2n) is 4.46. The molecule has 0 unspecified atom stereocenters. The lowest BCUT2D eigenvalue weighted by Gasteiger charge is -2.17. The van der Waals surface area contributed by atoms with Crippen LogP contribution >= 0.6 is 0 Å². The highest BCUT2D eigenvalue weighted by atomic mass is 16.5. The van der Waals surface area contributed by atoms with Gasteiger partial charge in [-0.1, -0.05) is 6.42 Å². The fourth-order valence-corrected chi connectivity index (χ4v) is 1.82. The number of benzene rings is 1. The van der Waals surface area contributed by atoms with Crippen molar-refractivity contribution in [3.63, 3.8) is 0 Å². The van der Waals surface area contributed by atoms with Crippen molar-refractivity contribution in [3.05, 3.63) is 23.8 Å². The van der Waals surface area contributed by atoms with Crippen molar-refractivity contribution < 1.29 is 14.6 Å². The summed E-state index contributed by atoms with van der Waals surface area (Å²) in [5.74, 6) is 0.234. The Balaban J connectivity index is 2.59. The molecule has 1 aromatic carbocycles. The van der Waals surface area contributed by atoms with Gasteiger partial charge < -0.3 is 20.5 Å². The molecule has 19 heavy (non-hydrogen) atoms.